The summed E-state index contributed by atoms with van der Waals surface area (Å²) in [6.45, 7) is 0.925. The van der Waals surface area contributed by atoms with Crippen molar-refractivity contribution in [3.63, 3.8) is 0 Å². The Labute approximate surface area is 91.4 Å². The Kier molecular flexibility index (Phi) is 4.38. The molecular weight excluding hydrogens is 250 g/mol. The number of unbranched alkanes of at least 4 members (excludes halogenated alkanes) is 1. The van der Waals surface area contributed by atoms with Crippen molar-refractivity contribution < 1.29 is 0 Å². The fraction of sp³-hybridized carbons (Fsp3) is 0.500. The minimum Gasteiger partial charge on any atom is -0.393 e. The van der Waals surface area contributed by atoms with E-state index in [2.05, 4.69) is 21.0 Å². The summed E-state index contributed by atoms with van der Waals surface area (Å²) >= 11 is 8.12. The Morgan fingerprint density at radius 3 is 2.92 bits per heavy atom. The predicted octanol–water partition coefficient (Wildman–Crippen LogP) is 2.10. The molecule has 0 amide bonds. The molecule has 0 radical (unpaired) electrons. The van der Waals surface area contributed by atoms with Crippen LogP contribution in [-0.2, 0) is 6.54 Å². The van der Waals surface area contributed by atoms with Crippen LogP contribution >= 0.6 is 28.1 Å². The number of thiocarbonyl (C=S) groups is 1. The van der Waals surface area contributed by atoms with E-state index >= 15 is 0 Å². The molecule has 3 nitrogen and oxygen atoms in total. The summed E-state index contributed by atoms with van der Waals surface area (Å²) in [5.74, 6) is 0. The summed E-state index contributed by atoms with van der Waals surface area (Å²) < 4.78 is 2.92. The van der Waals surface area contributed by atoms with Gasteiger partial charge in [-0.15, -0.1) is 0 Å². The number of aryl methyl sites for hydroxylation is 1. The zero-order valence-corrected chi connectivity index (χ0v) is 9.64. The van der Waals surface area contributed by atoms with E-state index in [0.717, 1.165) is 30.3 Å². The van der Waals surface area contributed by atoms with E-state index in [1.54, 1.807) is 6.20 Å². The SMILES string of the molecule is NC(=S)CCCCn1cc(Br)cn1. The van der Waals surface area contributed by atoms with Gasteiger partial charge in [0, 0.05) is 12.7 Å². The van der Waals surface area contributed by atoms with Gasteiger partial charge in [0.15, 0.2) is 0 Å². The molecule has 1 aromatic rings. The number of hydrogen-bond acceptors (Lipinski definition) is 2. The summed E-state index contributed by atoms with van der Waals surface area (Å²) in [4.78, 5) is 0.599. The van der Waals surface area contributed by atoms with Gasteiger partial charge in [-0.1, -0.05) is 12.2 Å². The minimum absolute atomic E-state index is 0.599. The topological polar surface area (TPSA) is 43.8 Å². The van der Waals surface area contributed by atoms with Gasteiger partial charge in [0.2, 0.25) is 0 Å². The van der Waals surface area contributed by atoms with E-state index in [-0.39, 0.29) is 0 Å². The highest BCUT2D eigenvalue weighted by molar-refractivity contribution is 9.10. The zero-order valence-electron chi connectivity index (χ0n) is 7.24. The number of halogens is 1. The van der Waals surface area contributed by atoms with E-state index in [1.165, 1.54) is 0 Å². The van der Waals surface area contributed by atoms with Crippen molar-refractivity contribution >= 4 is 33.1 Å². The molecule has 72 valence electrons. The van der Waals surface area contributed by atoms with Gasteiger partial charge in [-0.2, -0.15) is 5.10 Å². The van der Waals surface area contributed by atoms with E-state index in [0.29, 0.717) is 4.99 Å². The number of hydrogen-bond donors (Lipinski definition) is 1. The summed E-state index contributed by atoms with van der Waals surface area (Å²) in [6.07, 6.45) is 6.67. The van der Waals surface area contributed by atoms with E-state index < -0.39 is 0 Å². The lowest BCUT2D eigenvalue weighted by molar-refractivity contribution is 0.564. The average Bonchev–Trinajstić information content (AvgIpc) is 2.45. The molecule has 0 spiro atoms. The molecule has 0 atom stereocenters. The van der Waals surface area contributed by atoms with Crippen LogP contribution in [0.1, 0.15) is 19.3 Å². The van der Waals surface area contributed by atoms with Crippen molar-refractivity contribution in [1.29, 1.82) is 0 Å². The third-order valence-corrected chi connectivity index (χ3v) is 2.28. The summed E-state index contributed by atoms with van der Waals surface area (Å²) in [6, 6.07) is 0. The Morgan fingerprint density at radius 1 is 1.62 bits per heavy atom. The lowest BCUT2D eigenvalue weighted by Gasteiger charge is -2.00. The van der Waals surface area contributed by atoms with Gasteiger partial charge in [0.1, 0.15) is 0 Å². The van der Waals surface area contributed by atoms with Crippen molar-refractivity contribution in [2.24, 2.45) is 5.73 Å². The first kappa shape index (κ1) is 10.7. The second kappa shape index (κ2) is 5.34. The molecule has 0 saturated carbocycles. The third kappa shape index (κ3) is 4.38. The maximum absolute atomic E-state index is 5.38. The van der Waals surface area contributed by atoms with Gasteiger partial charge in [0.25, 0.3) is 0 Å². The van der Waals surface area contributed by atoms with Crippen LogP contribution in [0, 0.1) is 0 Å². The van der Waals surface area contributed by atoms with Crippen LogP contribution in [0.5, 0.6) is 0 Å². The zero-order chi connectivity index (χ0) is 9.68. The molecule has 1 aromatic heterocycles. The normalized spacial score (nSPS) is 10.2. The van der Waals surface area contributed by atoms with Crippen LogP contribution in [0.3, 0.4) is 0 Å². The molecule has 0 fully saturated rings. The first-order valence-electron chi connectivity index (χ1n) is 4.15. The number of rotatable bonds is 5. The van der Waals surface area contributed by atoms with Gasteiger partial charge in [-0.25, -0.2) is 0 Å². The van der Waals surface area contributed by atoms with Gasteiger partial charge in [0.05, 0.1) is 15.7 Å². The first-order chi connectivity index (χ1) is 6.18. The maximum atomic E-state index is 5.38. The average molecular weight is 262 g/mol. The maximum Gasteiger partial charge on any atom is 0.0727 e. The molecular formula is C8H12BrN3S. The highest BCUT2D eigenvalue weighted by Crippen LogP contribution is 2.07. The second-order valence-electron chi connectivity index (χ2n) is 2.85. The Bertz CT molecular complexity index is 285. The molecule has 13 heavy (non-hydrogen) atoms. The van der Waals surface area contributed by atoms with Crippen molar-refractivity contribution in [3.05, 3.63) is 16.9 Å². The van der Waals surface area contributed by atoms with Crippen LogP contribution in [0.15, 0.2) is 16.9 Å². The van der Waals surface area contributed by atoms with Gasteiger partial charge in [-0.05, 0) is 35.2 Å². The summed E-state index contributed by atoms with van der Waals surface area (Å²) in [7, 11) is 0. The van der Waals surface area contributed by atoms with Crippen molar-refractivity contribution in [2.75, 3.05) is 0 Å². The predicted molar refractivity (Wildman–Crippen MR) is 60.6 cm³/mol. The standard InChI is InChI=1S/C8H12BrN3S/c9-7-5-11-12(6-7)4-2-1-3-8(10)13/h5-6H,1-4H2,(H2,10,13). The lowest BCUT2D eigenvalue weighted by atomic mass is 10.2. The monoisotopic (exact) mass is 261 g/mol. The largest absolute Gasteiger partial charge is 0.393 e. The Morgan fingerprint density at radius 2 is 2.38 bits per heavy atom. The molecule has 0 aliphatic rings. The number of aromatic nitrogens is 2. The van der Waals surface area contributed by atoms with Crippen LogP contribution < -0.4 is 5.73 Å². The summed E-state index contributed by atoms with van der Waals surface area (Å²) in [5.41, 5.74) is 5.38. The second-order valence-corrected chi connectivity index (χ2v) is 4.29. The van der Waals surface area contributed by atoms with Crippen LogP contribution in [-0.4, -0.2) is 14.8 Å². The molecule has 0 aliphatic heterocycles. The molecule has 5 heteroatoms. The minimum atomic E-state index is 0.599. The number of nitrogens with two attached hydrogens (primary N) is 1. The van der Waals surface area contributed by atoms with E-state index in [1.807, 2.05) is 10.9 Å². The smallest absolute Gasteiger partial charge is 0.0727 e. The Balaban J connectivity index is 2.16. The molecule has 1 heterocycles. The fourth-order valence-corrected chi connectivity index (χ4v) is 1.51. The molecule has 2 N–H and O–H groups in total. The van der Waals surface area contributed by atoms with Crippen LogP contribution in [0.25, 0.3) is 0 Å². The molecule has 0 aliphatic carbocycles. The third-order valence-electron chi connectivity index (χ3n) is 1.66. The molecule has 1 rings (SSSR count). The van der Waals surface area contributed by atoms with Crippen LogP contribution in [0.4, 0.5) is 0 Å². The number of nitrogens with zero attached hydrogens (tertiary/aromatic N) is 2. The molecule has 0 unspecified atom stereocenters. The first-order valence-corrected chi connectivity index (χ1v) is 5.35. The van der Waals surface area contributed by atoms with Gasteiger partial charge in [-0.3, -0.25) is 4.68 Å². The Hall–Kier alpha value is -0.420. The van der Waals surface area contributed by atoms with Crippen molar-refractivity contribution in [1.82, 2.24) is 9.78 Å². The molecule has 0 aromatic carbocycles. The lowest BCUT2D eigenvalue weighted by Crippen LogP contribution is -2.07. The quantitative estimate of drug-likeness (QED) is 0.652. The fourth-order valence-electron chi connectivity index (χ4n) is 1.03. The summed E-state index contributed by atoms with van der Waals surface area (Å²) in [5, 5.41) is 4.14. The highest BCUT2D eigenvalue weighted by Gasteiger charge is 1.95. The van der Waals surface area contributed by atoms with Crippen LogP contribution in [0.2, 0.25) is 0 Å². The molecule has 0 bridgehead atoms. The van der Waals surface area contributed by atoms with E-state index in [4.69, 9.17) is 18.0 Å². The van der Waals surface area contributed by atoms with Crippen molar-refractivity contribution in [2.45, 2.75) is 25.8 Å². The van der Waals surface area contributed by atoms with Gasteiger partial charge >= 0.3 is 0 Å². The van der Waals surface area contributed by atoms with E-state index in [9.17, 15) is 0 Å². The highest BCUT2D eigenvalue weighted by atomic mass is 79.9. The van der Waals surface area contributed by atoms with Gasteiger partial charge < -0.3 is 5.73 Å². The molecule has 0 saturated heterocycles. The van der Waals surface area contributed by atoms with Crippen molar-refractivity contribution in [3.8, 4) is 0 Å².